The molecule has 0 unspecified atom stereocenters. The van der Waals surface area contributed by atoms with Gasteiger partial charge >= 0.3 is 0 Å². The first kappa shape index (κ1) is 16.2. The second-order valence-electron chi connectivity index (χ2n) is 4.96. The third-order valence-electron chi connectivity index (χ3n) is 3.57. The quantitative estimate of drug-likeness (QED) is 0.805. The van der Waals surface area contributed by atoms with Crippen LogP contribution in [-0.4, -0.2) is 25.9 Å². The summed E-state index contributed by atoms with van der Waals surface area (Å²) in [6, 6.07) is 6.22. The highest BCUT2D eigenvalue weighted by Gasteiger charge is 2.07. The van der Waals surface area contributed by atoms with Crippen molar-refractivity contribution in [1.29, 1.82) is 0 Å². The van der Waals surface area contributed by atoms with Gasteiger partial charge in [0.2, 0.25) is 0 Å². The van der Waals surface area contributed by atoms with Crippen LogP contribution in [0.25, 0.3) is 16.7 Å². The summed E-state index contributed by atoms with van der Waals surface area (Å²) in [5.74, 6) is 1.02. The van der Waals surface area contributed by atoms with Crippen molar-refractivity contribution in [2.24, 2.45) is 7.05 Å². The van der Waals surface area contributed by atoms with Gasteiger partial charge in [0.25, 0.3) is 0 Å². The Labute approximate surface area is 132 Å². The fourth-order valence-corrected chi connectivity index (χ4v) is 2.30. The van der Waals surface area contributed by atoms with Crippen molar-refractivity contribution in [1.82, 2.24) is 24.6 Å². The van der Waals surface area contributed by atoms with Gasteiger partial charge in [0.05, 0.1) is 22.9 Å². The Morgan fingerprint density at radius 1 is 1.23 bits per heavy atom. The molecule has 5 heteroatoms. The largest absolute Gasteiger partial charge is 0.331 e. The van der Waals surface area contributed by atoms with E-state index in [2.05, 4.69) is 45.2 Å². The molecule has 118 valence electrons. The maximum atomic E-state index is 4.52. The predicted octanol–water partition coefficient (Wildman–Crippen LogP) is 3.20. The number of hydrogen-bond acceptors (Lipinski definition) is 3. The molecule has 22 heavy (non-hydrogen) atoms. The van der Waals surface area contributed by atoms with Gasteiger partial charge in [-0.3, -0.25) is 0 Å². The van der Waals surface area contributed by atoms with E-state index in [1.165, 1.54) is 5.56 Å². The van der Waals surface area contributed by atoms with Gasteiger partial charge in [0.15, 0.2) is 0 Å². The molecule has 1 N–H and O–H groups in total. The van der Waals surface area contributed by atoms with Crippen molar-refractivity contribution in [2.75, 3.05) is 6.54 Å². The number of hydrogen-bond donors (Lipinski definition) is 1. The number of nitrogens with one attached hydrogen (secondary N) is 1. The first-order valence-corrected chi connectivity index (χ1v) is 7.86. The standard InChI is InChI=1S/C15H19N5.C2H6/c1-4-16-8-12-9-17-20(10-12)13-5-6-14-15(7-13)19(3)11(2)18-14;1-2/h5-7,9-10,16H,4,8H2,1-3H3;1-2H3. The van der Waals surface area contributed by atoms with Crippen molar-refractivity contribution < 1.29 is 0 Å². The van der Waals surface area contributed by atoms with E-state index in [9.17, 15) is 0 Å². The third kappa shape index (κ3) is 3.20. The Hall–Kier alpha value is -2.14. The van der Waals surface area contributed by atoms with E-state index in [0.717, 1.165) is 35.6 Å². The van der Waals surface area contributed by atoms with Gasteiger partial charge in [-0.15, -0.1) is 0 Å². The van der Waals surface area contributed by atoms with Crippen LogP contribution in [0.4, 0.5) is 0 Å². The highest BCUT2D eigenvalue weighted by Crippen LogP contribution is 2.18. The van der Waals surface area contributed by atoms with Gasteiger partial charge in [-0.1, -0.05) is 20.8 Å². The van der Waals surface area contributed by atoms with Gasteiger partial charge in [0, 0.05) is 25.4 Å². The minimum Gasteiger partial charge on any atom is -0.331 e. The minimum atomic E-state index is 0.851. The molecule has 0 aliphatic rings. The molecule has 2 aromatic heterocycles. The molecule has 3 rings (SSSR count). The number of fused-ring (bicyclic) bond motifs is 1. The monoisotopic (exact) mass is 299 g/mol. The van der Waals surface area contributed by atoms with Crippen LogP contribution >= 0.6 is 0 Å². The van der Waals surface area contributed by atoms with Gasteiger partial charge in [-0.2, -0.15) is 5.10 Å². The first-order chi connectivity index (χ1) is 10.7. The van der Waals surface area contributed by atoms with Crippen molar-refractivity contribution in [3.05, 3.63) is 42.0 Å². The van der Waals surface area contributed by atoms with Crippen LogP contribution in [0.1, 0.15) is 32.2 Å². The highest BCUT2D eigenvalue weighted by atomic mass is 15.3. The summed E-state index contributed by atoms with van der Waals surface area (Å²) >= 11 is 0. The maximum Gasteiger partial charge on any atom is 0.106 e. The zero-order valence-corrected chi connectivity index (χ0v) is 14.1. The fraction of sp³-hybridized carbons (Fsp3) is 0.412. The highest BCUT2D eigenvalue weighted by molar-refractivity contribution is 5.78. The summed E-state index contributed by atoms with van der Waals surface area (Å²) in [6.07, 6.45) is 3.97. The van der Waals surface area contributed by atoms with Gasteiger partial charge in [0.1, 0.15) is 5.82 Å². The van der Waals surface area contributed by atoms with Crippen molar-refractivity contribution in [3.63, 3.8) is 0 Å². The molecule has 0 saturated carbocycles. The molecule has 5 nitrogen and oxygen atoms in total. The lowest BCUT2D eigenvalue weighted by atomic mass is 10.2. The maximum absolute atomic E-state index is 4.52. The lowest BCUT2D eigenvalue weighted by Crippen LogP contribution is -2.10. The van der Waals surface area contributed by atoms with Crippen molar-refractivity contribution in [2.45, 2.75) is 34.2 Å². The van der Waals surface area contributed by atoms with E-state index in [-0.39, 0.29) is 0 Å². The zero-order chi connectivity index (χ0) is 16.1. The van der Waals surface area contributed by atoms with E-state index in [1.54, 1.807) is 0 Å². The van der Waals surface area contributed by atoms with Crippen LogP contribution < -0.4 is 5.32 Å². The summed E-state index contributed by atoms with van der Waals surface area (Å²) in [5.41, 5.74) is 4.40. The number of imidazole rings is 1. The van der Waals surface area contributed by atoms with Gasteiger partial charge in [-0.05, 0) is 31.7 Å². The summed E-state index contributed by atoms with van der Waals surface area (Å²) in [4.78, 5) is 4.52. The van der Waals surface area contributed by atoms with Crippen LogP contribution in [0.3, 0.4) is 0 Å². The van der Waals surface area contributed by atoms with E-state index >= 15 is 0 Å². The molecular formula is C17H25N5. The molecule has 1 aromatic carbocycles. The number of nitrogens with zero attached hydrogens (tertiary/aromatic N) is 4. The molecule has 0 spiro atoms. The Bertz CT molecular complexity index is 739. The number of benzene rings is 1. The van der Waals surface area contributed by atoms with E-state index in [1.807, 2.05) is 44.8 Å². The fourth-order valence-electron chi connectivity index (χ4n) is 2.30. The second kappa shape index (κ2) is 7.22. The summed E-state index contributed by atoms with van der Waals surface area (Å²) < 4.78 is 4.01. The molecule has 2 heterocycles. The summed E-state index contributed by atoms with van der Waals surface area (Å²) in [5, 5.41) is 7.73. The molecule has 3 aromatic rings. The van der Waals surface area contributed by atoms with Crippen LogP contribution in [0.15, 0.2) is 30.6 Å². The summed E-state index contributed by atoms with van der Waals surface area (Å²) in [7, 11) is 2.04. The second-order valence-corrected chi connectivity index (χ2v) is 4.96. The smallest absolute Gasteiger partial charge is 0.106 e. The molecule has 0 aliphatic carbocycles. The average Bonchev–Trinajstić information content (AvgIpc) is 3.13. The molecule has 0 atom stereocenters. The number of rotatable bonds is 4. The summed E-state index contributed by atoms with van der Waals surface area (Å²) in [6.45, 7) is 9.93. The molecule has 0 bridgehead atoms. The van der Waals surface area contributed by atoms with E-state index in [0.29, 0.717) is 0 Å². The minimum absolute atomic E-state index is 0.851. The lowest BCUT2D eigenvalue weighted by Gasteiger charge is -2.03. The molecule has 0 amide bonds. The third-order valence-corrected chi connectivity index (χ3v) is 3.57. The molecular weight excluding hydrogens is 274 g/mol. The number of aryl methyl sites for hydroxylation is 2. The van der Waals surface area contributed by atoms with E-state index in [4.69, 9.17) is 0 Å². The zero-order valence-electron chi connectivity index (χ0n) is 14.1. The normalized spacial score (nSPS) is 10.6. The predicted molar refractivity (Wildman–Crippen MR) is 91.3 cm³/mol. The Morgan fingerprint density at radius 3 is 2.73 bits per heavy atom. The van der Waals surface area contributed by atoms with Crippen molar-refractivity contribution in [3.8, 4) is 5.69 Å². The van der Waals surface area contributed by atoms with E-state index < -0.39 is 0 Å². The van der Waals surface area contributed by atoms with Crippen LogP contribution in [0.5, 0.6) is 0 Å². The van der Waals surface area contributed by atoms with Gasteiger partial charge < -0.3 is 9.88 Å². The average molecular weight is 299 g/mol. The van der Waals surface area contributed by atoms with Crippen molar-refractivity contribution >= 4 is 11.0 Å². The lowest BCUT2D eigenvalue weighted by molar-refractivity contribution is 0.726. The number of aromatic nitrogens is 4. The Morgan fingerprint density at radius 2 is 2.00 bits per heavy atom. The Balaban J connectivity index is 0.000000847. The van der Waals surface area contributed by atoms with Crippen LogP contribution in [0.2, 0.25) is 0 Å². The Kier molecular flexibility index (Phi) is 5.33. The topological polar surface area (TPSA) is 47.7 Å². The molecule has 0 aliphatic heterocycles. The SMILES string of the molecule is CC.CCNCc1cnn(-c2ccc3nc(C)n(C)c3c2)c1. The van der Waals surface area contributed by atoms with Crippen LogP contribution in [-0.2, 0) is 13.6 Å². The molecule has 0 saturated heterocycles. The molecule has 0 radical (unpaired) electrons. The van der Waals surface area contributed by atoms with Crippen LogP contribution in [0, 0.1) is 6.92 Å². The van der Waals surface area contributed by atoms with Gasteiger partial charge in [-0.25, -0.2) is 9.67 Å². The molecule has 0 fully saturated rings. The first-order valence-electron chi connectivity index (χ1n) is 7.86.